The van der Waals surface area contributed by atoms with E-state index in [9.17, 15) is 19.2 Å². The summed E-state index contributed by atoms with van der Waals surface area (Å²) >= 11 is 0. The largest absolute Gasteiger partial charge is 0.375 e. The molecule has 6 aliphatic rings. The van der Waals surface area contributed by atoms with Crippen LogP contribution in [0.1, 0.15) is 117 Å². The van der Waals surface area contributed by atoms with Crippen LogP contribution in [0.3, 0.4) is 0 Å². The van der Waals surface area contributed by atoms with Crippen LogP contribution < -0.4 is 0 Å². The maximum atomic E-state index is 12.2. The summed E-state index contributed by atoms with van der Waals surface area (Å²) in [5.74, 6) is 1.86. The first-order valence-electron chi connectivity index (χ1n) is 16.1. The van der Waals surface area contributed by atoms with Gasteiger partial charge in [-0.3, -0.25) is 19.2 Å². The average molecular weight is 541 g/mol. The molecule has 0 spiro atoms. The summed E-state index contributed by atoms with van der Waals surface area (Å²) in [5, 5.41) is 0. The van der Waals surface area contributed by atoms with Crippen LogP contribution in [-0.4, -0.2) is 47.5 Å². The Bertz CT molecular complexity index is 893. The van der Waals surface area contributed by atoms with E-state index in [1.54, 1.807) is 0 Å². The van der Waals surface area contributed by atoms with Gasteiger partial charge in [-0.15, -0.1) is 0 Å². The zero-order chi connectivity index (χ0) is 27.3. The quantitative estimate of drug-likeness (QED) is 0.395. The van der Waals surface area contributed by atoms with Gasteiger partial charge >= 0.3 is 0 Å². The molecule has 0 aromatic rings. The first-order chi connectivity index (χ1) is 18.7. The summed E-state index contributed by atoms with van der Waals surface area (Å²) in [5.41, 5.74) is 0.305. The molecular formula is C33H48O6. The fraction of sp³-hybridized carbons (Fsp3) is 0.879. The van der Waals surface area contributed by atoms with Crippen LogP contribution in [0.25, 0.3) is 0 Å². The van der Waals surface area contributed by atoms with E-state index in [1.807, 2.05) is 0 Å². The normalized spacial score (nSPS) is 43.4. The molecule has 39 heavy (non-hydrogen) atoms. The number of Topliss-reactive ketones (excluding diaryl/α,β-unsaturated/α-hetero) is 4. The number of ketones is 4. The van der Waals surface area contributed by atoms with Crippen molar-refractivity contribution in [2.45, 2.75) is 141 Å². The van der Waals surface area contributed by atoms with Gasteiger partial charge in [0.25, 0.3) is 0 Å². The topological polar surface area (TPSA) is 86.7 Å². The van der Waals surface area contributed by atoms with Crippen LogP contribution in [0.2, 0.25) is 0 Å². The van der Waals surface area contributed by atoms with Gasteiger partial charge in [0.1, 0.15) is 23.1 Å². The number of ether oxygens (including phenoxy) is 2. The monoisotopic (exact) mass is 540 g/mol. The van der Waals surface area contributed by atoms with Crippen LogP contribution >= 0.6 is 0 Å². The minimum absolute atomic E-state index is 0.0217. The lowest BCUT2D eigenvalue weighted by molar-refractivity contribution is -0.128. The van der Waals surface area contributed by atoms with Crippen molar-refractivity contribution in [3.05, 3.63) is 0 Å². The highest BCUT2D eigenvalue weighted by molar-refractivity contribution is 6.09. The molecule has 216 valence electrons. The van der Waals surface area contributed by atoms with Crippen molar-refractivity contribution in [2.24, 2.45) is 40.9 Å². The molecular weight excluding hydrogens is 492 g/mol. The van der Waals surface area contributed by atoms with Gasteiger partial charge < -0.3 is 9.47 Å². The van der Waals surface area contributed by atoms with E-state index in [0.29, 0.717) is 29.5 Å². The molecule has 6 saturated carbocycles. The fourth-order valence-corrected chi connectivity index (χ4v) is 9.62. The standard InChI is InChI=1S/C33H48O6/c1-33(2,19-3-7-21(8-4-19)38-23-11-13-25-27(15-23)31(36)17-29(25)34)20-5-9-22(10-6-20)39-24-12-14-26-28(16-24)32(37)18-30(26)35/h19-28H,3-18H2,1-2H3. The molecule has 0 heterocycles. The van der Waals surface area contributed by atoms with Crippen LogP contribution in [0.4, 0.5) is 0 Å². The Morgan fingerprint density at radius 1 is 0.462 bits per heavy atom. The zero-order valence-corrected chi connectivity index (χ0v) is 24.0. The van der Waals surface area contributed by atoms with E-state index in [1.165, 1.54) is 25.7 Å². The molecule has 0 aromatic heterocycles. The summed E-state index contributed by atoms with van der Waals surface area (Å²) in [4.78, 5) is 48.6. The van der Waals surface area contributed by atoms with Crippen LogP contribution in [0.5, 0.6) is 0 Å². The minimum Gasteiger partial charge on any atom is -0.375 e. The third-order valence-corrected chi connectivity index (χ3v) is 12.2. The summed E-state index contributed by atoms with van der Waals surface area (Å²) < 4.78 is 13.1. The summed E-state index contributed by atoms with van der Waals surface area (Å²) in [6, 6.07) is 0. The molecule has 6 nitrogen and oxygen atoms in total. The third-order valence-electron chi connectivity index (χ3n) is 12.2. The smallest absolute Gasteiger partial charge is 0.144 e. The zero-order valence-electron chi connectivity index (χ0n) is 24.0. The number of carbonyl (C=O) groups excluding carboxylic acids is 4. The summed E-state index contributed by atoms with van der Waals surface area (Å²) in [6.45, 7) is 4.97. The number of carbonyl (C=O) groups is 4. The lowest BCUT2D eigenvalue weighted by Gasteiger charge is -2.47. The number of hydrogen-bond acceptors (Lipinski definition) is 6. The Labute approximate surface area is 233 Å². The van der Waals surface area contributed by atoms with Crippen molar-refractivity contribution >= 4 is 23.1 Å². The lowest BCUT2D eigenvalue weighted by Crippen LogP contribution is -2.41. The van der Waals surface area contributed by atoms with E-state index in [-0.39, 0.29) is 71.9 Å². The van der Waals surface area contributed by atoms with Gasteiger partial charge in [0, 0.05) is 23.7 Å². The first-order valence-corrected chi connectivity index (χ1v) is 16.1. The highest BCUT2D eigenvalue weighted by Gasteiger charge is 2.47. The molecule has 6 fully saturated rings. The second-order valence-corrected chi connectivity index (χ2v) is 14.6. The maximum Gasteiger partial charge on any atom is 0.144 e. The SMILES string of the molecule is CC(C)(C1CCC(OC2CCC3C(=O)CC(=O)C3C2)CC1)C1CCC(OC2CCC3C(=O)CC(=O)C3C2)CC1. The Morgan fingerprint density at radius 2 is 0.795 bits per heavy atom. The van der Waals surface area contributed by atoms with Crippen LogP contribution in [-0.2, 0) is 28.7 Å². The van der Waals surface area contributed by atoms with Gasteiger partial charge in [-0.05, 0) is 107 Å². The second-order valence-electron chi connectivity index (χ2n) is 14.6. The van der Waals surface area contributed by atoms with E-state index >= 15 is 0 Å². The van der Waals surface area contributed by atoms with Crippen molar-refractivity contribution < 1.29 is 28.7 Å². The molecule has 6 atom stereocenters. The van der Waals surface area contributed by atoms with Gasteiger partial charge in [-0.1, -0.05) is 13.8 Å². The van der Waals surface area contributed by atoms with Gasteiger partial charge in [-0.25, -0.2) is 0 Å². The predicted octanol–water partition coefficient (Wildman–Crippen LogP) is 5.82. The van der Waals surface area contributed by atoms with Crippen molar-refractivity contribution in [3.63, 3.8) is 0 Å². The number of hydrogen-bond donors (Lipinski definition) is 0. The molecule has 6 unspecified atom stereocenters. The van der Waals surface area contributed by atoms with Crippen molar-refractivity contribution in [2.75, 3.05) is 0 Å². The van der Waals surface area contributed by atoms with Crippen molar-refractivity contribution in [1.82, 2.24) is 0 Å². The molecule has 0 bridgehead atoms. The molecule has 6 aliphatic carbocycles. The number of rotatable bonds is 6. The van der Waals surface area contributed by atoms with Crippen molar-refractivity contribution in [3.8, 4) is 0 Å². The highest BCUT2D eigenvalue weighted by Crippen LogP contribution is 2.50. The fourth-order valence-electron chi connectivity index (χ4n) is 9.62. The average Bonchev–Trinajstić information content (AvgIpc) is 3.37. The Kier molecular flexibility index (Phi) is 7.91. The summed E-state index contributed by atoms with van der Waals surface area (Å²) in [6.07, 6.45) is 15.5. The Balaban J connectivity index is 0.930. The molecule has 0 aromatic carbocycles. The molecule has 6 rings (SSSR count). The van der Waals surface area contributed by atoms with E-state index < -0.39 is 0 Å². The van der Waals surface area contributed by atoms with E-state index in [4.69, 9.17) is 9.47 Å². The van der Waals surface area contributed by atoms with E-state index in [2.05, 4.69) is 13.8 Å². The maximum absolute atomic E-state index is 12.2. The minimum atomic E-state index is -0.0740. The Morgan fingerprint density at radius 3 is 1.18 bits per heavy atom. The predicted molar refractivity (Wildman–Crippen MR) is 146 cm³/mol. The third kappa shape index (κ3) is 5.58. The molecule has 0 amide bonds. The molecule has 0 aliphatic heterocycles. The highest BCUT2D eigenvalue weighted by atomic mass is 16.5. The Hall–Kier alpha value is -1.40. The lowest BCUT2D eigenvalue weighted by atomic mass is 9.60. The van der Waals surface area contributed by atoms with Gasteiger partial charge in [0.05, 0.1) is 37.3 Å². The van der Waals surface area contributed by atoms with E-state index in [0.717, 1.165) is 64.2 Å². The first kappa shape index (κ1) is 27.8. The van der Waals surface area contributed by atoms with Crippen LogP contribution in [0, 0.1) is 40.9 Å². The van der Waals surface area contributed by atoms with Crippen molar-refractivity contribution in [1.29, 1.82) is 0 Å². The molecule has 0 radical (unpaired) electrons. The number of fused-ring (bicyclic) bond motifs is 2. The van der Waals surface area contributed by atoms with Gasteiger partial charge in [0.15, 0.2) is 0 Å². The van der Waals surface area contributed by atoms with Crippen LogP contribution in [0.15, 0.2) is 0 Å². The van der Waals surface area contributed by atoms with Gasteiger partial charge in [0.2, 0.25) is 0 Å². The molecule has 0 N–H and O–H groups in total. The summed E-state index contributed by atoms with van der Waals surface area (Å²) in [7, 11) is 0. The molecule has 6 heteroatoms. The second kappa shape index (κ2) is 11.1. The molecule has 0 saturated heterocycles. The van der Waals surface area contributed by atoms with Gasteiger partial charge in [-0.2, -0.15) is 0 Å².